The van der Waals surface area contributed by atoms with Crippen molar-refractivity contribution in [2.24, 2.45) is 0 Å². The molecule has 0 atom stereocenters. The number of carboxylic acid groups (broad SMARTS) is 1. The Kier molecular flexibility index (Phi) is 4.10. The summed E-state index contributed by atoms with van der Waals surface area (Å²) in [6, 6.07) is 5.75. The minimum absolute atomic E-state index is 0.102. The van der Waals surface area contributed by atoms with Crippen molar-refractivity contribution in [2.75, 3.05) is 0 Å². The number of hydrogen-bond acceptors (Lipinski definition) is 8. The molecule has 21 heavy (non-hydrogen) atoms. The molecule has 0 spiro atoms. The van der Waals surface area contributed by atoms with Gasteiger partial charge in [0.25, 0.3) is 5.69 Å². The number of carboxylic acids is 1. The van der Waals surface area contributed by atoms with Gasteiger partial charge in [0.15, 0.2) is 0 Å². The zero-order valence-electron chi connectivity index (χ0n) is 10.2. The molecule has 1 aromatic carbocycles. The number of hydrogen-bond donors (Lipinski definition) is 1. The minimum atomic E-state index is -1.14. The van der Waals surface area contributed by atoms with Crippen molar-refractivity contribution in [3.05, 3.63) is 33.9 Å². The van der Waals surface area contributed by atoms with Crippen LogP contribution in [-0.4, -0.2) is 36.2 Å². The van der Waals surface area contributed by atoms with Gasteiger partial charge in [-0.3, -0.25) is 14.9 Å². The summed E-state index contributed by atoms with van der Waals surface area (Å²) in [6.45, 7) is -0.459. The van der Waals surface area contributed by atoms with E-state index in [1.54, 1.807) is 0 Å². The zero-order valence-corrected chi connectivity index (χ0v) is 11.0. The first-order valence-corrected chi connectivity index (χ1v) is 6.17. The van der Waals surface area contributed by atoms with Gasteiger partial charge in [0.2, 0.25) is 5.16 Å². The van der Waals surface area contributed by atoms with Crippen LogP contribution in [0, 0.1) is 21.4 Å². The second-order valence-corrected chi connectivity index (χ2v) is 4.68. The van der Waals surface area contributed by atoms with E-state index in [-0.39, 0.29) is 21.3 Å². The van der Waals surface area contributed by atoms with Crippen LogP contribution in [0.2, 0.25) is 0 Å². The maximum Gasteiger partial charge on any atom is 0.325 e. The number of nitriles is 1. The number of rotatable bonds is 5. The number of nitrogens with zero attached hydrogens (tertiary/aromatic N) is 6. The molecule has 1 heterocycles. The van der Waals surface area contributed by atoms with E-state index in [1.165, 1.54) is 12.1 Å². The number of carbonyl (C=O) groups is 1. The fraction of sp³-hybridized carbons (Fsp3) is 0.100. The molecule has 2 rings (SSSR count). The third kappa shape index (κ3) is 3.31. The van der Waals surface area contributed by atoms with Crippen LogP contribution in [0.5, 0.6) is 0 Å². The van der Waals surface area contributed by atoms with Crippen LogP contribution < -0.4 is 0 Å². The lowest BCUT2D eigenvalue weighted by molar-refractivity contribution is -0.387. The molecular formula is C10H6N6O4S. The SMILES string of the molecule is N#Cc1ccc(Sc2nnnn2CC(=O)O)c([N+](=O)[O-])c1. The summed E-state index contributed by atoms with van der Waals surface area (Å²) in [5.74, 6) is -1.14. The highest BCUT2D eigenvalue weighted by Gasteiger charge is 2.19. The average molecular weight is 306 g/mol. The van der Waals surface area contributed by atoms with E-state index >= 15 is 0 Å². The van der Waals surface area contributed by atoms with Gasteiger partial charge in [0.1, 0.15) is 6.54 Å². The summed E-state index contributed by atoms with van der Waals surface area (Å²) in [5.41, 5.74) is -0.125. The molecule has 0 saturated heterocycles. The quantitative estimate of drug-likeness (QED) is 0.621. The third-order valence-corrected chi connectivity index (χ3v) is 3.31. The molecule has 0 fully saturated rings. The summed E-state index contributed by atoms with van der Waals surface area (Å²) < 4.78 is 1.01. The Bertz CT molecular complexity index is 752. The molecule has 0 amide bonds. The van der Waals surface area contributed by atoms with Gasteiger partial charge in [0.05, 0.1) is 21.5 Å². The van der Waals surface area contributed by atoms with Crippen molar-refractivity contribution in [1.29, 1.82) is 5.26 Å². The van der Waals surface area contributed by atoms with Crippen LogP contribution >= 0.6 is 11.8 Å². The topological polar surface area (TPSA) is 148 Å². The Morgan fingerprint density at radius 2 is 2.33 bits per heavy atom. The second-order valence-electron chi connectivity index (χ2n) is 3.67. The molecule has 0 aliphatic heterocycles. The maximum atomic E-state index is 11.0. The molecule has 0 aliphatic rings. The predicted molar refractivity (Wildman–Crippen MR) is 67.4 cm³/mol. The maximum absolute atomic E-state index is 11.0. The first-order valence-electron chi connectivity index (χ1n) is 5.35. The fourth-order valence-electron chi connectivity index (χ4n) is 1.41. The van der Waals surface area contributed by atoms with Crippen LogP contribution in [0.3, 0.4) is 0 Å². The molecule has 106 valence electrons. The zero-order chi connectivity index (χ0) is 15.4. The summed E-state index contributed by atoms with van der Waals surface area (Å²) in [5, 5.41) is 39.0. The molecule has 1 aromatic heterocycles. The lowest BCUT2D eigenvalue weighted by Gasteiger charge is -2.03. The minimum Gasteiger partial charge on any atom is -0.480 e. The largest absolute Gasteiger partial charge is 0.480 e. The molecule has 0 bridgehead atoms. The second kappa shape index (κ2) is 5.97. The highest BCUT2D eigenvalue weighted by atomic mass is 32.2. The van der Waals surface area contributed by atoms with Gasteiger partial charge in [-0.25, -0.2) is 4.68 Å². The van der Waals surface area contributed by atoms with Crippen molar-refractivity contribution in [1.82, 2.24) is 20.2 Å². The Morgan fingerprint density at radius 3 is 2.95 bits per heavy atom. The first-order chi connectivity index (χ1) is 10.0. The van der Waals surface area contributed by atoms with Gasteiger partial charge in [0, 0.05) is 6.07 Å². The predicted octanol–water partition coefficient (Wildman–Crippen LogP) is 0.689. The highest BCUT2D eigenvalue weighted by molar-refractivity contribution is 7.99. The fourth-order valence-corrected chi connectivity index (χ4v) is 2.27. The van der Waals surface area contributed by atoms with Crippen molar-refractivity contribution in [3.8, 4) is 6.07 Å². The van der Waals surface area contributed by atoms with Crippen LogP contribution in [0.15, 0.2) is 28.3 Å². The molecule has 2 aromatic rings. The molecule has 11 heteroatoms. The first kappa shape index (κ1) is 14.4. The number of nitro benzene ring substituents is 1. The summed E-state index contributed by atoms with van der Waals surface area (Å²) in [6.07, 6.45) is 0. The van der Waals surface area contributed by atoms with E-state index in [2.05, 4.69) is 15.5 Å². The highest BCUT2D eigenvalue weighted by Crippen LogP contribution is 2.33. The van der Waals surface area contributed by atoms with Crippen LogP contribution in [0.4, 0.5) is 5.69 Å². The molecule has 0 aliphatic carbocycles. The van der Waals surface area contributed by atoms with Gasteiger partial charge in [-0.1, -0.05) is 0 Å². The van der Waals surface area contributed by atoms with E-state index in [0.29, 0.717) is 0 Å². The van der Waals surface area contributed by atoms with Crippen LogP contribution in [-0.2, 0) is 11.3 Å². The summed E-state index contributed by atoms with van der Waals surface area (Å²) in [7, 11) is 0. The number of aromatic nitrogens is 4. The van der Waals surface area contributed by atoms with E-state index < -0.39 is 17.4 Å². The van der Waals surface area contributed by atoms with Gasteiger partial charge in [-0.05, 0) is 34.3 Å². The third-order valence-electron chi connectivity index (χ3n) is 2.27. The van der Waals surface area contributed by atoms with E-state index in [9.17, 15) is 14.9 Å². The smallest absolute Gasteiger partial charge is 0.325 e. The standard InChI is InChI=1S/C10H6N6O4S/c11-4-6-1-2-8(7(3-6)16(19)20)21-10-12-13-14-15(10)5-9(17)18/h1-3H,5H2,(H,17,18). The Balaban J connectivity index is 2.36. The molecular weight excluding hydrogens is 300 g/mol. The monoisotopic (exact) mass is 306 g/mol. The lowest BCUT2D eigenvalue weighted by atomic mass is 10.2. The van der Waals surface area contributed by atoms with E-state index in [4.69, 9.17) is 10.4 Å². The summed E-state index contributed by atoms with van der Waals surface area (Å²) in [4.78, 5) is 21.2. The Labute approximate surface area is 121 Å². The molecule has 0 radical (unpaired) electrons. The van der Waals surface area contributed by atoms with Gasteiger partial charge < -0.3 is 5.11 Å². The number of tetrazole rings is 1. The van der Waals surface area contributed by atoms with Crippen LogP contribution in [0.1, 0.15) is 5.56 Å². The number of aliphatic carboxylic acids is 1. The van der Waals surface area contributed by atoms with Gasteiger partial charge in [-0.2, -0.15) is 5.26 Å². The average Bonchev–Trinajstić information content (AvgIpc) is 2.85. The van der Waals surface area contributed by atoms with Crippen molar-refractivity contribution in [3.63, 3.8) is 0 Å². The number of nitro groups is 1. The van der Waals surface area contributed by atoms with Crippen molar-refractivity contribution >= 4 is 23.4 Å². The van der Waals surface area contributed by atoms with Gasteiger partial charge in [-0.15, -0.1) is 5.10 Å². The van der Waals surface area contributed by atoms with E-state index in [1.807, 2.05) is 6.07 Å². The summed E-state index contributed by atoms with van der Waals surface area (Å²) >= 11 is 0.849. The Hall–Kier alpha value is -3.00. The normalized spacial score (nSPS) is 10.0. The molecule has 0 unspecified atom stereocenters. The van der Waals surface area contributed by atoms with Crippen molar-refractivity contribution in [2.45, 2.75) is 16.6 Å². The van der Waals surface area contributed by atoms with Crippen molar-refractivity contribution < 1.29 is 14.8 Å². The lowest BCUT2D eigenvalue weighted by Crippen LogP contribution is -2.11. The van der Waals surface area contributed by atoms with Gasteiger partial charge >= 0.3 is 5.97 Å². The Morgan fingerprint density at radius 1 is 1.57 bits per heavy atom. The molecule has 1 N–H and O–H groups in total. The molecule has 0 saturated carbocycles. The number of benzene rings is 1. The van der Waals surface area contributed by atoms with Crippen LogP contribution in [0.25, 0.3) is 0 Å². The van der Waals surface area contributed by atoms with E-state index in [0.717, 1.165) is 22.5 Å². The molecule has 10 nitrogen and oxygen atoms in total.